The highest BCUT2D eigenvalue weighted by Gasteiger charge is 2.44. The number of carbonyl (C=O) groups is 1. The van der Waals surface area contributed by atoms with E-state index in [1.165, 1.54) is 0 Å². The minimum atomic E-state index is -1.14. The van der Waals surface area contributed by atoms with Crippen LogP contribution in [0.3, 0.4) is 0 Å². The summed E-state index contributed by atoms with van der Waals surface area (Å²) in [6.07, 6.45) is -1.14. The Morgan fingerprint density at radius 3 is 2.50 bits per heavy atom. The molecule has 92 valence electrons. The van der Waals surface area contributed by atoms with Crippen molar-refractivity contribution >= 4 is 11.5 Å². The highest BCUT2D eigenvalue weighted by molar-refractivity contribution is 6.48. The molecule has 1 rings (SSSR count). The first-order chi connectivity index (χ1) is 7.51. The lowest BCUT2D eigenvalue weighted by Gasteiger charge is -2.39. The lowest BCUT2D eigenvalue weighted by Crippen LogP contribution is -2.91. The molecule has 1 aliphatic carbocycles. The maximum atomic E-state index is 11.6. The number of hydrogen-bond donors (Lipinski definition) is 4. The highest BCUT2D eigenvalue weighted by Crippen LogP contribution is 2.08. The fraction of sp³-hybridized carbons (Fsp3) is 0.800. The Morgan fingerprint density at radius 2 is 2.06 bits per heavy atom. The topological polar surface area (TPSA) is 107 Å². The second kappa shape index (κ2) is 5.49. The van der Waals surface area contributed by atoms with Crippen LogP contribution >= 0.6 is 0 Å². The van der Waals surface area contributed by atoms with Gasteiger partial charge in [0.05, 0.1) is 12.6 Å². The molecule has 4 atom stereocenters. The van der Waals surface area contributed by atoms with Crippen molar-refractivity contribution in [2.45, 2.75) is 38.1 Å². The average molecular weight is 230 g/mol. The Morgan fingerprint density at radius 1 is 1.44 bits per heavy atom. The normalized spacial score (nSPS) is 31.3. The molecule has 0 bridgehead atoms. The van der Waals surface area contributed by atoms with Gasteiger partial charge in [-0.2, -0.15) is 0 Å². The van der Waals surface area contributed by atoms with Gasteiger partial charge in [-0.25, -0.2) is 4.99 Å². The summed E-state index contributed by atoms with van der Waals surface area (Å²) in [7, 11) is 0. The quantitative estimate of drug-likeness (QED) is 0.381. The van der Waals surface area contributed by atoms with Gasteiger partial charge in [-0.15, -0.1) is 0 Å². The first-order valence-corrected chi connectivity index (χ1v) is 5.32. The van der Waals surface area contributed by atoms with E-state index in [4.69, 9.17) is 10.2 Å². The van der Waals surface area contributed by atoms with E-state index in [1.807, 2.05) is 0 Å². The Bertz CT molecular complexity index is 293. The molecule has 0 spiro atoms. The molecule has 0 saturated heterocycles. The Kier molecular flexibility index (Phi) is 4.55. The summed E-state index contributed by atoms with van der Waals surface area (Å²) in [5.74, 6) is -0.277. The van der Waals surface area contributed by atoms with Gasteiger partial charge in [-0.05, 0) is 20.0 Å². The van der Waals surface area contributed by atoms with Crippen LogP contribution in [0.2, 0.25) is 0 Å². The third kappa shape index (κ3) is 2.65. The Hall–Kier alpha value is -0.820. The van der Waals surface area contributed by atoms with Crippen LogP contribution < -0.4 is 15.4 Å². The largest absolute Gasteiger partial charge is 0.843 e. The van der Waals surface area contributed by atoms with E-state index >= 15 is 0 Å². The lowest BCUT2D eigenvalue weighted by molar-refractivity contribution is -0.520. The van der Waals surface area contributed by atoms with Crippen LogP contribution in [0.1, 0.15) is 13.8 Å². The van der Waals surface area contributed by atoms with Crippen LogP contribution in [0, 0.1) is 0 Å². The smallest absolute Gasteiger partial charge is 0.236 e. The Balaban J connectivity index is 2.58. The monoisotopic (exact) mass is 230 g/mol. The standard InChI is InChI=1S/C10H17N2O4/c1-5(3-13)11-7-9(15)8(10(7)16)12-6(2)4-14/h5-7,9,11,13-14H,3-4H2,1-2H3/q-1/p+1. The van der Waals surface area contributed by atoms with Crippen molar-refractivity contribution in [3.8, 4) is 0 Å². The van der Waals surface area contributed by atoms with Gasteiger partial charge in [0.2, 0.25) is 11.5 Å². The van der Waals surface area contributed by atoms with Crippen LogP contribution in [-0.2, 0) is 4.79 Å². The zero-order valence-corrected chi connectivity index (χ0v) is 9.43. The summed E-state index contributed by atoms with van der Waals surface area (Å²) >= 11 is 0. The molecule has 1 aliphatic rings. The third-order valence-electron chi connectivity index (χ3n) is 2.55. The van der Waals surface area contributed by atoms with E-state index in [2.05, 4.69) is 10.3 Å². The second-order valence-corrected chi connectivity index (χ2v) is 4.15. The van der Waals surface area contributed by atoms with Gasteiger partial charge in [0.1, 0.15) is 6.61 Å². The lowest BCUT2D eigenvalue weighted by atomic mass is 9.84. The van der Waals surface area contributed by atoms with E-state index in [0.717, 1.165) is 0 Å². The van der Waals surface area contributed by atoms with Crippen LogP contribution in [0.4, 0.5) is 0 Å². The minimum Gasteiger partial charge on any atom is -0.843 e. The molecule has 1 saturated carbocycles. The zero-order valence-electron chi connectivity index (χ0n) is 9.43. The van der Waals surface area contributed by atoms with Crippen LogP contribution in [-0.4, -0.2) is 59.2 Å². The van der Waals surface area contributed by atoms with E-state index in [0.29, 0.717) is 0 Å². The van der Waals surface area contributed by atoms with Gasteiger partial charge in [0.15, 0.2) is 6.04 Å². The summed E-state index contributed by atoms with van der Waals surface area (Å²) in [5, 5.41) is 31.9. The fourth-order valence-electron chi connectivity index (χ4n) is 1.50. The van der Waals surface area contributed by atoms with Crippen molar-refractivity contribution in [3.63, 3.8) is 0 Å². The Labute approximate surface area is 94.0 Å². The SMILES string of the molecule is CC(CO)NC1C(=O)C(=[NH+]C(C)CO)C1[O-]. The first kappa shape index (κ1) is 13.2. The summed E-state index contributed by atoms with van der Waals surface area (Å²) in [6.45, 7) is 3.13. The fourth-order valence-corrected chi connectivity index (χ4v) is 1.50. The van der Waals surface area contributed by atoms with Crippen LogP contribution in [0.15, 0.2) is 0 Å². The first-order valence-electron chi connectivity index (χ1n) is 5.32. The minimum absolute atomic E-state index is 0.115. The highest BCUT2D eigenvalue weighted by atomic mass is 16.3. The molecule has 0 aromatic heterocycles. The number of hydrogen-bond acceptors (Lipinski definition) is 5. The molecule has 0 aliphatic heterocycles. The molecule has 6 nitrogen and oxygen atoms in total. The van der Waals surface area contributed by atoms with Gasteiger partial charge in [0.25, 0.3) is 0 Å². The number of carbonyl (C=O) groups excluding carboxylic acids is 1. The van der Waals surface area contributed by atoms with Crippen molar-refractivity contribution in [2.24, 2.45) is 0 Å². The molecule has 16 heavy (non-hydrogen) atoms. The predicted molar refractivity (Wildman–Crippen MR) is 54.8 cm³/mol. The molecule has 4 N–H and O–H groups in total. The molecule has 6 heteroatoms. The third-order valence-corrected chi connectivity index (χ3v) is 2.55. The summed E-state index contributed by atoms with van der Waals surface area (Å²) < 4.78 is 0. The second-order valence-electron chi connectivity index (χ2n) is 4.15. The molecule has 4 unspecified atom stereocenters. The van der Waals surface area contributed by atoms with Crippen molar-refractivity contribution < 1.29 is 25.1 Å². The van der Waals surface area contributed by atoms with Crippen LogP contribution in [0.25, 0.3) is 0 Å². The maximum Gasteiger partial charge on any atom is 0.236 e. The van der Waals surface area contributed by atoms with Gasteiger partial charge in [-0.1, -0.05) is 0 Å². The summed E-state index contributed by atoms with van der Waals surface area (Å²) in [4.78, 5) is 14.2. The summed E-state index contributed by atoms with van der Waals surface area (Å²) in [5.41, 5.74) is 0.115. The number of Topliss-reactive ketones (excluding diaryl/α,β-unsaturated/α-hetero) is 1. The van der Waals surface area contributed by atoms with E-state index in [1.54, 1.807) is 13.8 Å². The molecule has 0 aromatic rings. The van der Waals surface area contributed by atoms with Gasteiger partial charge < -0.3 is 20.6 Å². The molecule has 1 fully saturated rings. The number of ketones is 1. The maximum absolute atomic E-state index is 11.6. The number of rotatable bonds is 5. The van der Waals surface area contributed by atoms with E-state index in [9.17, 15) is 9.90 Å². The van der Waals surface area contributed by atoms with E-state index < -0.39 is 12.1 Å². The summed E-state index contributed by atoms with van der Waals surface area (Å²) in [6, 6.07) is -1.34. The van der Waals surface area contributed by atoms with Gasteiger partial charge in [-0.3, -0.25) is 4.79 Å². The van der Waals surface area contributed by atoms with E-state index in [-0.39, 0.29) is 36.8 Å². The van der Waals surface area contributed by atoms with Crippen molar-refractivity contribution in [3.05, 3.63) is 0 Å². The molecular formula is C10H18N2O4. The molecular weight excluding hydrogens is 212 g/mol. The number of nitrogens with one attached hydrogen (secondary N) is 2. The number of aliphatic hydroxyl groups excluding tert-OH is 2. The zero-order chi connectivity index (χ0) is 12.3. The predicted octanol–water partition coefficient (Wildman–Crippen LogP) is -4.46. The molecule has 0 radical (unpaired) electrons. The average Bonchev–Trinajstić information content (AvgIpc) is 2.31. The number of aliphatic hydroxyl groups is 2. The van der Waals surface area contributed by atoms with Gasteiger partial charge in [0, 0.05) is 6.04 Å². The van der Waals surface area contributed by atoms with Crippen molar-refractivity contribution in [1.29, 1.82) is 0 Å². The van der Waals surface area contributed by atoms with Crippen molar-refractivity contribution in [2.75, 3.05) is 13.2 Å². The molecule has 0 aromatic carbocycles. The molecule has 0 amide bonds. The van der Waals surface area contributed by atoms with Crippen molar-refractivity contribution in [1.82, 2.24) is 5.32 Å². The van der Waals surface area contributed by atoms with Gasteiger partial charge >= 0.3 is 0 Å². The van der Waals surface area contributed by atoms with Crippen LogP contribution in [0.5, 0.6) is 0 Å². The molecule has 0 heterocycles.